The summed E-state index contributed by atoms with van der Waals surface area (Å²) < 4.78 is 5.03. The number of amides is 1. The molecule has 92 valence electrons. The molecule has 6 heteroatoms. The number of carbonyl (C=O) groups excluding carboxylic acids is 1. The highest BCUT2D eigenvalue weighted by Gasteiger charge is 2.11. The summed E-state index contributed by atoms with van der Waals surface area (Å²) in [5, 5.41) is 0. The van der Waals surface area contributed by atoms with E-state index in [4.69, 9.17) is 10.5 Å². The molecule has 1 amide bonds. The molecule has 0 aliphatic heterocycles. The first kappa shape index (κ1) is 12.0. The third-order valence-corrected chi connectivity index (χ3v) is 2.39. The Hall–Kier alpha value is -2.50. The third kappa shape index (κ3) is 2.60. The van der Waals surface area contributed by atoms with Gasteiger partial charge < -0.3 is 10.5 Å². The number of pyridine rings is 1. The van der Waals surface area contributed by atoms with Gasteiger partial charge in [-0.2, -0.15) is 0 Å². The van der Waals surface area contributed by atoms with Crippen LogP contribution in [-0.2, 0) is 6.42 Å². The summed E-state index contributed by atoms with van der Waals surface area (Å²) in [6.07, 6.45) is 5.05. The lowest BCUT2D eigenvalue weighted by atomic mass is 10.1. The number of hydrogen-bond donors (Lipinski definition) is 1. The number of nitrogens with two attached hydrogens (primary N) is 1. The Kier molecular flexibility index (Phi) is 3.47. The Morgan fingerprint density at radius 3 is 2.78 bits per heavy atom. The number of ether oxygens (including phenoxy) is 1. The minimum atomic E-state index is -0.584. The molecule has 2 aromatic heterocycles. The van der Waals surface area contributed by atoms with Crippen LogP contribution in [0.15, 0.2) is 30.7 Å². The van der Waals surface area contributed by atoms with E-state index >= 15 is 0 Å². The SMILES string of the molecule is COc1cc(Cc2nccnc2C(N)=O)ccn1. The van der Waals surface area contributed by atoms with E-state index in [0.717, 1.165) is 5.56 Å². The fourth-order valence-corrected chi connectivity index (χ4v) is 1.57. The van der Waals surface area contributed by atoms with E-state index in [1.165, 1.54) is 12.4 Å². The Bertz CT molecular complexity index is 572. The van der Waals surface area contributed by atoms with E-state index in [1.807, 2.05) is 6.07 Å². The van der Waals surface area contributed by atoms with E-state index in [9.17, 15) is 4.79 Å². The highest BCUT2D eigenvalue weighted by Crippen LogP contribution is 2.13. The summed E-state index contributed by atoms with van der Waals surface area (Å²) in [4.78, 5) is 23.3. The fraction of sp³-hybridized carbons (Fsp3) is 0.167. The Morgan fingerprint density at radius 1 is 1.28 bits per heavy atom. The molecule has 2 N–H and O–H groups in total. The molecule has 0 atom stereocenters. The van der Waals surface area contributed by atoms with Gasteiger partial charge in [0.25, 0.3) is 5.91 Å². The summed E-state index contributed by atoms with van der Waals surface area (Å²) in [5.74, 6) is -0.0730. The van der Waals surface area contributed by atoms with Crippen LogP contribution in [0.2, 0.25) is 0 Å². The standard InChI is InChI=1S/C12H12N4O2/c1-18-10-7-8(2-3-15-10)6-9-11(12(13)17)16-5-4-14-9/h2-5,7H,6H2,1H3,(H2,13,17). The zero-order valence-corrected chi connectivity index (χ0v) is 9.83. The molecule has 0 aromatic carbocycles. The van der Waals surface area contributed by atoms with Crippen molar-refractivity contribution in [1.29, 1.82) is 0 Å². The molecule has 0 unspecified atom stereocenters. The lowest BCUT2D eigenvalue weighted by Gasteiger charge is -2.05. The molecule has 2 rings (SSSR count). The van der Waals surface area contributed by atoms with Gasteiger partial charge in [0.2, 0.25) is 5.88 Å². The number of nitrogens with zero attached hydrogens (tertiary/aromatic N) is 3. The molecule has 18 heavy (non-hydrogen) atoms. The van der Waals surface area contributed by atoms with Gasteiger partial charge in [0.1, 0.15) is 5.69 Å². The highest BCUT2D eigenvalue weighted by molar-refractivity contribution is 5.91. The Labute approximate surface area is 104 Å². The number of carbonyl (C=O) groups is 1. The molecule has 0 saturated carbocycles. The number of primary amides is 1. The van der Waals surface area contributed by atoms with Crippen LogP contribution in [0.3, 0.4) is 0 Å². The van der Waals surface area contributed by atoms with Gasteiger partial charge in [-0.05, 0) is 11.6 Å². The van der Waals surface area contributed by atoms with Crippen LogP contribution in [0.25, 0.3) is 0 Å². The van der Waals surface area contributed by atoms with E-state index in [1.54, 1.807) is 19.4 Å². The molecule has 0 fully saturated rings. The summed E-state index contributed by atoms with van der Waals surface area (Å²) in [5.41, 5.74) is 6.90. The lowest BCUT2D eigenvalue weighted by Crippen LogP contribution is -2.17. The predicted molar refractivity (Wildman–Crippen MR) is 64.1 cm³/mol. The zero-order valence-electron chi connectivity index (χ0n) is 9.83. The van der Waals surface area contributed by atoms with Crippen molar-refractivity contribution < 1.29 is 9.53 Å². The molecule has 0 radical (unpaired) electrons. The first-order chi connectivity index (χ1) is 8.70. The van der Waals surface area contributed by atoms with Crippen LogP contribution < -0.4 is 10.5 Å². The Morgan fingerprint density at radius 2 is 2.06 bits per heavy atom. The van der Waals surface area contributed by atoms with Gasteiger partial charge in [-0.25, -0.2) is 9.97 Å². The maximum Gasteiger partial charge on any atom is 0.269 e. The van der Waals surface area contributed by atoms with E-state index in [-0.39, 0.29) is 5.69 Å². The number of rotatable bonds is 4. The molecule has 0 spiro atoms. The molecular formula is C12H12N4O2. The predicted octanol–water partition coefficient (Wildman–Crippen LogP) is 0.570. The van der Waals surface area contributed by atoms with Gasteiger partial charge >= 0.3 is 0 Å². The van der Waals surface area contributed by atoms with Gasteiger partial charge in [-0.1, -0.05) is 0 Å². The van der Waals surface area contributed by atoms with E-state index in [2.05, 4.69) is 15.0 Å². The second-order valence-corrected chi connectivity index (χ2v) is 3.60. The average molecular weight is 244 g/mol. The maximum absolute atomic E-state index is 11.2. The maximum atomic E-state index is 11.2. The van der Waals surface area contributed by atoms with Crippen LogP contribution >= 0.6 is 0 Å². The monoisotopic (exact) mass is 244 g/mol. The molecule has 2 heterocycles. The second-order valence-electron chi connectivity index (χ2n) is 3.60. The second kappa shape index (κ2) is 5.22. The van der Waals surface area contributed by atoms with Crippen LogP contribution in [0.1, 0.15) is 21.7 Å². The Balaban J connectivity index is 2.31. The van der Waals surface area contributed by atoms with Crippen LogP contribution in [0.5, 0.6) is 5.88 Å². The van der Waals surface area contributed by atoms with Crippen molar-refractivity contribution in [2.75, 3.05) is 7.11 Å². The van der Waals surface area contributed by atoms with Crippen LogP contribution in [0.4, 0.5) is 0 Å². The summed E-state index contributed by atoms with van der Waals surface area (Å²) >= 11 is 0. The van der Waals surface area contributed by atoms with Crippen molar-refractivity contribution in [3.05, 3.63) is 47.7 Å². The number of aromatic nitrogens is 3. The van der Waals surface area contributed by atoms with Gasteiger partial charge in [0.15, 0.2) is 0 Å². The summed E-state index contributed by atoms with van der Waals surface area (Å²) in [6, 6.07) is 3.60. The smallest absolute Gasteiger partial charge is 0.269 e. The van der Waals surface area contributed by atoms with Gasteiger partial charge in [0.05, 0.1) is 12.8 Å². The van der Waals surface area contributed by atoms with Crippen molar-refractivity contribution in [2.45, 2.75) is 6.42 Å². The van der Waals surface area contributed by atoms with Gasteiger partial charge in [-0.15, -0.1) is 0 Å². The molecule has 0 saturated heterocycles. The summed E-state index contributed by atoms with van der Waals surface area (Å²) in [6.45, 7) is 0. The quantitative estimate of drug-likeness (QED) is 0.849. The molecule has 2 aromatic rings. The van der Waals surface area contributed by atoms with Gasteiger partial charge in [-0.3, -0.25) is 9.78 Å². The topological polar surface area (TPSA) is 91.0 Å². The fourth-order valence-electron chi connectivity index (χ4n) is 1.57. The zero-order chi connectivity index (χ0) is 13.0. The van der Waals surface area contributed by atoms with Crippen molar-refractivity contribution in [3.63, 3.8) is 0 Å². The van der Waals surface area contributed by atoms with Crippen LogP contribution in [-0.4, -0.2) is 28.0 Å². The molecule has 0 bridgehead atoms. The molecule has 6 nitrogen and oxygen atoms in total. The van der Waals surface area contributed by atoms with Crippen LogP contribution in [0, 0.1) is 0 Å². The lowest BCUT2D eigenvalue weighted by molar-refractivity contribution is 0.0994. The first-order valence-electron chi connectivity index (χ1n) is 5.29. The molecule has 0 aliphatic rings. The van der Waals surface area contributed by atoms with E-state index < -0.39 is 5.91 Å². The number of hydrogen-bond acceptors (Lipinski definition) is 5. The minimum Gasteiger partial charge on any atom is -0.481 e. The third-order valence-electron chi connectivity index (χ3n) is 2.39. The minimum absolute atomic E-state index is 0.188. The van der Waals surface area contributed by atoms with Crippen molar-refractivity contribution >= 4 is 5.91 Å². The van der Waals surface area contributed by atoms with Crippen molar-refractivity contribution in [1.82, 2.24) is 15.0 Å². The number of methoxy groups -OCH3 is 1. The molecule has 0 aliphatic carbocycles. The van der Waals surface area contributed by atoms with E-state index in [0.29, 0.717) is 18.0 Å². The molecular weight excluding hydrogens is 232 g/mol. The first-order valence-corrected chi connectivity index (χ1v) is 5.29. The van der Waals surface area contributed by atoms with Crippen molar-refractivity contribution in [3.8, 4) is 5.88 Å². The normalized spacial score (nSPS) is 10.1. The highest BCUT2D eigenvalue weighted by atomic mass is 16.5. The average Bonchev–Trinajstić information content (AvgIpc) is 2.39. The largest absolute Gasteiger partial charge is 0.481 e. The van der Waals surface area contributed by atoms with Gasteiger partial charge in [0, 0.05) is 31.1 Å². The van der Waals surface area contributed by atoms with Crippen molar-refractivity contribution in [2.24, 2.45) is 5.73 Å². The summed E-state index contributed by atoms with van der Waals surface area (Å²) in [7, 11) is 1.54.